The average Bonchev–Trinajstić information content (AvgIpc) is 3.29. The molecule has 0 aliphatic rings. The summed E-state index contributed by atoms with van der Waals surface area (Å²) in [5.41, 5.74) is 4.29. The van der Waals surface area contributed by atoms with Gasteiger partial charge in [-0.2, -0.15) is 5.10 Å². The smallest absolute Gasteiger partial charge is 0.263 e. The fourth-order valence-corrected chi connectivity index (χ4v) is 3.93. The van der Waals surface area contributed by atoms with E-state index in [2.05, 4.69) is 10.2 Å². The summed E-state index contributed by atoms with van der Waals surface area (Å²) in [6, 6.07) is 19.5. The zero-order valence-corrected chi connectivity index (χ0v) is 19.3. The number of carbonyl (C=O) groups is 1. The van der Waals surface area contributed by atoms with Gasteiger partial charge in [-0.25, -0.2) is 4.39 Å². The molecule has 1 amide bonds. The first-order valence-electron chi connectivity index (χ1n) is 11.2. The first-order valence-corrected chi connectivity index (χ1v) is 11.2. The zero-order valence-electron chi connectivity index (χ0n) is 19.3. The average molecular weight is 459 g/mol. The molecule has 34 heavy (non-hydrogen) atoms. The predicted octanol–water partition coefficient (Wildman–Crippen LogP) is 4.44. The van der Waals surface area contributed by atoms with E-state index >= 15 is 0 Å². The Labute approximate surface area is 197 Å². The van der Waals surface area contributed by atoms with E-state index in [0.717, 1.165) is 16.8 Å². The van der Waals surface area contributed by atoms with Gasteiger partial charge in [0.1, 0.15) is 11.4 Å². The molecule has 0 spiro atoms. The number of rotatable bonds is 8. The number of aromatic nitrogens is 3. The fraction of sp³-hybridized carbons (Fsp3) is 0.222. The highest BCUT2D eigenvalue weighted by atomic mass is 19.1. The summed E-state index contributed by atoms with van der Waals surface area (Å²) in [7, 11) is 1.70. The summed E-state index contributed by atoms with van der Waals surface area (Å²) in [5, 5.41) is 7.23. The highest BCUT2D eigenvalue weighted by Gasteiger charge is 2.17. The van der Waals surface area contributed by atoms with E-state index in [-0.39, 0.29) is 22.8 Å². The lowest BCUT2D eigenvalue weighted by Crippen LogP contribution is -2.35. The van der Waals surface area contributed by atoms with Crippen molar-refractivity contribution in [2.75, 3.05) is 13.6 Å². The van der Waals surface area contributed by atoms with E-state index in [1.54, 1.807) is 47.0 Å². The van der Waals surface area contributed by atoms with E-state index in [9.17, 15) is 14.0 Å². The van der Waals surface area contributed by atoms with E-state index in [1.165, 1.54) is 12.1 Å². The van der Waals surface area contributed by atoms with Crippen molar-refractivity contribution in [2.45, 2.75) is 26.3 Å². The van der Waals surface area contributed by atoms with Crippen molar-refractivity contribution < 1.29 is 9.18 Å². The Morgan fingerprint density at radius 3 is 2.71 bits per heavy atom. The summed E-state index contributed by atoms with van der Waals surface area (Å²) in [4.78, 5) is 27.4. The number of pyridine rings is 1. The van der Waals surface area contributed by atoms with Gasteiger partial charge in [0, 0.05) is 31.0 Å². The molecule has 0 radical (unpaired) electrons. The lowest BCUT2D eigenvalue weighted by molar-refractivity contribution is 0.0791. The van der Waals surface area contributed by atoms with Crippen molar-refractivity contribution in [3.8, 4) is 11.3 Å². The third-order valence-corrected chi connectivity index (χ3v) is 5.72. The largest absolute Gasteiger partial charge is 0.342 e. The van der Waals surface area contributed by atoms with Crippen LogP contribution in [0.2, 0.25) is 0 Å². The molecule has 0 aliphatic carbocycles. The Morgan fingerprint density at radius 1 is 1.09 bits per heavy atom. The Morgan fingerprint density at radius 2 is 1.91 bits per heavy atom. The molecule has 0 fully saturated rings. The Kier molecular flexibility index (Phi) is 7.01. The molecule has 2 heterocycles. The molecule has 4 rings (SSSR count). The first-order chi connectivity index (χ1) is 16.4. The number of carbonyl (C=O) groups excluding carboxylic acids is 1. The minimum absolute atomic E-state index is 0.160. The predicted molar refractivity (Wildman–Crippen MR) is 130 cm³/mol. The van der Waals surface area contributed by atoms with Gasteiger partial charge in [0.25, 0.3) is 11.5 Å². The van der Waals surface area contributed by atoms with Gasteiger partial charge in [-0.05, 0) is 55.7 Å². The molecule has 0 saturated carbocycles. The number of aromatic amines is 1. The number of aryl methyl sites for hydroxylation is 2. The molecule has 0 saturated heterocycles. The van der Waals surface area contributed by atoms with E-state index in [0.29, 0.717) is 37.2 Å². The minimum Gasteiger partial charge on any atom is -0.342 e. The third-order valence-electron chi connectivity index (χ3n) is 5.72. The molecule has 2 aromatic carbocycles. The van der Waals surface area contributed by atoms with Gasteiger partial charge in [0.05, 0.1) is 12.2 Å². The monoisotopic (exact) mass is 458 g/mol. The standard InChI is InChI=1S/C27H27FN4O2/c1-19-7-3-8-20(15-19)18-32-14-6-12-24(27(32)34)26(33)31(2)13-5-11-23-17-25(30-29-23)21-9-4-10-22(28)16-21/h3-4,6-10,12,14-17H,5,11,13,18H2,1-2H3,(H,29,30). The molecule has 0 atom stereocenters. The Bertz CT molecular complexity index is 1360. The molecular formula is C27H27FN4O2. The van der Waals surface area contributed by atoms with Crippen LogP contribution in [0.15, 0.2) is 77.7 Å². The highest BCUT2D eigenvalue weighted by molar-refractivity contribution is 5.93. The maximum Gasteiger partial charge on any atom is 0.263 e. The van der Waals surface area contributed by atoms with Gasteiger partial charge in [-0.1, -0.05) is 42.0 Å². The molecule has 4 aromatic rings. The number of amides is 1. The molecular weight excluding hydrogens is 431 g/mol. The van der Waals surface area contributed by atoms with Gasteiger partial charge in [-0.15, -0.1) is 0 Å². The third kappa shape index (κ3) is 5.49. The maximum absolute atomic E-state index is 13.4. The van der Waals surface area contributed by atoms with Crippen molar-refractivity contribution in [1.29, 1.82) is 0 Å². The number of hydrogen-bond donors (Lipinski definition) is 1. The van der Waals surface area contributed by atoms with Crippen LogP contribution in [-0.2, 0) is 13.0 Å². The molecule has 0 unspecified atom stereocenters. The summed E-state index contributed by atoms with van der Waals surface area (Å²) >= 11 is 0. The van der Waals surface area contributed by atoms with Gasteiger partial charge in [0.2, 0.25) is 0 Å². The van der Waals surface area contributed by atoms with Crippen LogP contribution in [0.4, 0.5) is 4.39 Å². The van der Waals surface area contributed by atoms with Gasteiger partial charge >= 0.3 is 0 Å². The molecule has 0 bridgehead atoms. The van der Waals surface area contributed by atoms with Gasteiger partial charge in [0.15, 0.2) is 0 Å². The Balaban J connectivity index is 1.36. The van der Waals surface area contributed by atoms with Crippen molar-refractivity contribution in [1.82, 2.24) is 19.7 Å². The minimum atomic E-state index is -0.305. The van der Waals surface area contributed by atoms with Crippen molar-refractivity contribution >= 4 is 5.91 Å². The van der Waals surface area contributed by atoms with Crippen molar-refractivity contribution in [3.63, 3.8) is 0 Å². The molecule has 0 aliphatic heterocycles. The number of hydrogen-bond acceptors (Lipinski definition) is 3. The number of halogens is 1. The lowest BCUT2D eigenvalue weighted by Gasteiger charge is -2.17. The number of H-pyrrole nitrogens is 1. The SMILES string of the molecule is Cc1cccc(Cn2cccc(C(=O)N(C)CCCc3cc(-c4cccc(F)c4)n[nH]3)c2=O)c1. The Hall–Kier alpha value is -4.00. The quantitative estimate of drug-likeness (QED) is 0.424. The van der Waals surface area contributed by atoms with Gasteiger partial charge < -0.3 is 9.47 Å². The molecule has 6 nitrogen and oxygen atoms in total. The maximum atomic E-state index is 13.4. The summed E-state index contributed by atoms with van der Waals surface area (Å²) in [6.07, 6.45) is 3.07. The summed E-state index contributed by atoms with van der Waals surface area (Å²) in [6.45, 7) is 2.91. The highest BCUT2D eigenvalue weighted by Crippen LogP contribution is 2.19. The van der Waals surface area contributed by atoms with Crippen LogP contribution in [0.25, 0.3) is 11.3 Å². The molecule has 1 N–H and O–H groups in total. The van der Waals surface area contributed by atoms with Crippen LogP contribution in [0, 0.1) is 12.7 Å². The van der Waals surface area contributed by atoms with Crippen LogP contribution in [0.5, 0.6) is 0 Å². The zero-order chi connectivity index (χ0) is 24.1. The van der Waals surface area contributed by atoms with Crippen LogP contribution in [0.3, 0.4) is 0 Å². The van der Waals surface area contributed by atoms with Crippen LogP contribution < -0.4 is 5.56 Å². The van der Waals surface area contributed by atoms with E-state index in [1.807, 2.05) is 37.3 Å². The summed E-state index contributed by atoms with van der Waals surface area (Å²) in [5.74, 6) is -0.602. The van der Waals surface area contributed by atoms with Crippen molar-refractivity contribution in [2.24, 2.45) is 0 Å². The topological polar surface area (TPSA) is 71.0 Å². The summed E-state index contributed by atoms with van der Waals surface area (Å²) < 4.78 is 15.0. The van der Waals surface area contributed by atoms with Crippen LogP contribution in [0.1, 0.15) is 33.6 Å². The second kappa shape index (κ2) is 10.3. The fourth-order valence-electron chi connectivity index (χ4n) is 3.93. The van der Waals surface area contributed by atoms with E-state index in [4.69, 9.17) is 0 Å². The second-order valence-electron chi connectivity index (χ2n) is 8.46. The first kappa shape index (κ1) is 23.2. The molecule has 2 aromatic heterocycles. The van der Waals surface area contributed by atoms with Crippen molar-refractivity contribution in [3.05, 3.63) is 111 Å². The van der Waals surface area contributed by atoms with Crippen LogP contribution >= 0.6 is 0 Å². The molecule has 7 heteroatoms. The van der Waals surface area contributed by atoms with E-state index < -0.39 is 0 Å². The second-order valence-corrected chi connectivity index (χ2v) is 8.46. The number of benzene rings is 2. The lowest BCUT2D eigenvalue weighted by atomic mass is 10.1. The number of nitrogens with one attached hydrogen (secondary N) is 1. The molecule has 174 valence electrons. The number of nitrogens with zero attached hydrogens (tertiary/aromatic N) is 3. The van der Waals surface area contributed by atoms with Crippen LogP contribution in [-0.4, -0.2) is 39.2 Å². The van der Waals surface area contributed by atoms with Gasteiger partial charge in [-0.3, -0.25) is 14.7 Å². The normalized spacial score (nSPS) is 10.9.